The molecule has 1 rings (SSSR count). The Morgan fingerprint density at radius 3 is 2.89 bits per heavy atom. The largest absolute Gasteiger partial charge is 0.409 e. The van der Waals surface area contributed by atoms with Gasteiger partial charge in [0.1, 0.15) is 5.82 Å². The van der Waals surface area contributed by atoms with E-state index in [1.807, 2.05) is 11.9 Å². The molecule has 0 unspecified atom stereocenters. The van der Waals surface area contributed by atoms with E-state index >= 15 is 0 Å². The van der Waals surface area contributed by atoms with Crippen molar-refractivity contribution >= 4 is 11.5 Å². The molecule has 18 heavy (non-hydrogen) atoms. The van der Waals surface area contributed by atoms with E-state index in [4.69, 9.17) is 15.7 Å². The van der Waals surface area contributed by atoms with Crippen LogP contribution >= 0.6 is 0 Å². The quantitative estimate of drug-likeness (QED) is 0.265. The van der Waals surface area contributed by atoms with Crippen LogP contribution < -0.4 is 10.6 Å². The number of hydrogen-bond acceptors (Lipinski definition) is 4. The van der Waals surface area contributed by atoms with E-state index in [0.717, 1.165) is 13.0 Å². The molecule has 0 aliphatic rings. The van der Waals surface area contributed by atoms with Gasteiger partial charge in [-0.25, -0.2) is 4.39 Å². The number of halogens is 1. The maximum absolute atomic E-state index is 13.2. The summed E-state index contributed by atoms with van der Waals surface area (Å²) in [7, 11) is 3.50. The number of nitrogens with zero attached hydrogens (tertiary/aromatic N) is 2. The van der Waals surface area contributed by atoms with Gasteiger partial charge in [-0.15, -0.1) is 0 Å². The molecule has 0 saturated heterocycles. The first-order valence-corrected chi connectivity index (χ1v) is 5.57. The van der Waals surface area contributed by atoms with E-state index in [2.05, 4.69) is 5.16 Å². The highest BCUT2D eigenvalue weighted by molar-refractivity contribution is 6.02. The lowest BCUT2D eigenvalue weighted by atomic mass is 10.1. The first-order valence-electron chi connectivity index (χ1n) is 5.57. The summed E-state index contributed by atoms with van der Waals surface area (Å²) >= 11 is 0. The Kier molecular flexibility index (Phi) is 5.38. The topological polar surface area (TPSA) is 71.1 Å². The normalized spacial score (nSPS) is 11.6. The molecule has 0 atom stereocenters. The molecule has 6 heteroatoms. The molecule has 100 valence electrons. The van der Waals surface area contributed by atoms with Crippen LogP contribution in [0.5, 0.6) is 0 Å². The summed E-state index contributed by atoms with van der Waals surface area (Å²) in [6.07, 6.45) is 0.833. The van der Waals surface area contributed by atoms with Crippen molar-refractivity contribution in [2.45, 2.75) is 6.42 Å². The van der Waals surface area contributed by atoms with Crippen LogP contribution in [0, 0.1) is 5.82 Å². The number of nitrogens with two attached hydrogens (primary N) is 1. The molecule has 0 aliphatic carbocycles. The molecule has 3 N–H and O–H groups in total. The van der Waals surface area contributed by atoms with Crippen LogP contribution in [0.1, 0.15) is 12.0 Å². The third kappa shape index (κ3) is 3.59. The fourth-order valence-electron chi connectivity index (χ4n) is 1.67. The molecule has 5 nitrogen and oxygen atoms in total. The van der Waals surface area contributed by atoms with Gasteiger partial charge in [0.05, 0.1) is 0 Å². The SMILES string of the molecule is COCCCN(C)c1ccc(F)cc1C(N)=NO. The zero-order valence-corrected chi connectivity index (χ0v) is 10.6. The van der Waals surface area contributed by atoms with Crippen LogP contribution in [-0.2, 0) is 4.74 Å². The van der Waals surface area contributed by atoms with Crippen LogP contribution in [0.2, 0.25) is 0 Å². The second-order valence-corrected chi connectivity index (χ2v) is 3.91. The van der Waals surface area contributed by atoms with Gasteiger partial charge in [0.2, 0.25) is 0 Å². The second-order valence-electron chi connectivity index (χ2n) is 3.91. The summed E-state index contributed by atoms with van der Waals surface area (Å²) in [5, 5.41) is 11.6. The van der Waals surface area contributed by atoms with E-state index in [1.54, 1.807) is 13.2 Å². The predicted octanol–water partition coefficient (Wildman–Crippen LogP) is 1.39. The highest BCUT2D eigenvalue weighted by Gasteiger charge is 2.12. The Labute approximate surface area is 106 Å². The van der Waals surface area contributed by atoms with Gasteiger partial charge in [0.15, 0.2) is 5.84 Å². The average molecular weight is 255 g/mol. The Balaban J connectivity index is 2.93. The van der Waals surface area contributed by atoms with E-state index in [-0.39, 0.29) is 5.84 Å². The lowest BCUT2D eigenvalue weighted by Gasteiger charge is -2.22. The van der Waals surface area contributed by atoms with E-state index in [1.165, 1.54) is 12.1 Å². The van der Waals surface area contributed by atoms with Gasteiger partial charge in [-0.2, -0.15) is 0 Å². The van der Waals surface area contributed by atoms with Crippen LogP contribution in [0.4, 0.5) is 10.1 Å². The lowest BCUT2D eigenvalue weighted by molar-refractivity contribution is 0.196. The summed E-state index contributed by atoms with van der Waals surface area (Å²) in [4.78, 5) is 1.91. The third-order valence-electron chi connectivity index (χ3n) is 2.60. The fraction of sp³-hybridized carbons (Fsp3) is 0.417. The molecule has 0 amide bonds. The second kappa shape index (κ2) is 6.80. The monoisotopic (exact) mass is 255 g/mol. The minimum atomic E-state index is -0.425. The highest BCUT2D eigenvalue weighted by Crippen LogP contribution is 2.20. The number of amidine groups is 1. The summed E-state index contributed by atoms with van der Waals surface area (Å²) in [5.74, 6) is -0.534. The Morgan fingerprint density at radius 2 is 2.28 bits per heavy atom. The number of ether oxygens (including phenoxy) is 1. The average Bonchev–Trinajstić information content (AvgIpc) is 2.37. The number of hydrogen-bond donors (Lipinski definition) is 2. The van der Waals surface area contributed by atoms with Crippen molar-refractivity contribution in [3.63, 3.8) is 0 Å². The molecule has 0 fully saturated rings. The van der Waals surface area contributed by atoms with Crippen LogP contribution in [-0.4, -0.2) is 38.4 Å². The fourth-order valence-corrected chi connectivity index (χ4v) is 1.67. The predicted molar refractivity (Wildman–Crippen MR) is 68.7 cm³/mol. The maximum atomic E-state index is 13.2. The molecule has 0 bridgehead atoms. The summed E-state index contributed by atoms with van der Waals surface area (Å²) in [6.45, 7) is 1.37. The number of methoxy groups -OCH3 is 1. The molecule has 0 aromatic heterocycles. The summed E-state index contributed by atoms with van der Waals surface area (Å²) < 4.78 is 18.2. The van der Waals surface area contributed by atoms with Crippen molar-refractivity contribution < 1.29 is 14.3 Å². The Morgan fingerprint density at radius 1 is 1.56 bits per heavy atom. The summed E-state index contributed by atoms with van der Waals surface area (Å²) in [5.41, 5.74) is 6.62. The Bertz CT molecular complexity index is 424. The molecule has 1 aromatic rings. The van der Waals surface area contributed by atoms with Gasteiger partial charge in [-0.3, -0.25) is 0 Å². The Hall–Kier alpha value is -1.82. The van der Waals surface area contributed by atoms with Crippen LogP contribution in [0.3, 0.4) is 0 Å². The highest BCUT2D eigenvalue weighted by atomic mass is 19.1. The maximum Gasteiger partial charge on any atom is 0.172 e. The van der Waals surface area contributed by atoms with Crippen molar-refractivity contribution in [1.82, 2.24) is 0 Å². The van der Waals surface area contributed by atoms with Gasteiger partial charge >= 0.3 is 0 Å². The lowest BCUT2D eigenvalue weighted by Crippen LogP contribution is -2.24. The number of anilines is 1. The van der Waals surface area contributed by atoms with E-state index < -0.39 is 5.82 Å². The smallest absolute Gasteiger partial charge is 0.172 e. The van der Waals surface area contributed by atoms with E-state index in [9.17, 15) is 4.39 Å². The van der Waals surface area contributed by atoms with Crippen molar-refractivity contribution in [3.05, 3.63) is 29.6 Å². The number of oxime groups is 1. The standard InChI is InChI=1S/C12H18FN3O2/c1-16(6-3-7-18-2)11-5-4-9(13)8-10(11)12(14)15-17/h4-5,8,17H,3,6-7H2,1-2H3,(H2,14,15). The van der Waals surface area contributed by atoms with Gasteiger partial charge in [0.25, 0.3) is 0 Å². The summed E-state index contributed by atoms with van der Waals surface area (Å²) in [6, 6.07) is 4.20. The number of benzene rings is 1. The number of rotatable bonds is 6. The first-order chi connectivity index (χ1) is 8.60. The third-order valence-corrected chi connectivity index (χ3v) is 2.60. The molecule has 0 saturated carbocycles. The van der Waals surface area contributed by atoms with Crippen molar-refractivity contribution in [2.24, 2.45) is 10.9 Å². The van der Waals surface area contributed by atoms with Crippen molar-refractivity contribution in [3.8, 4) is 0 Å². The minimum Gasteiger partial charge on any atom is -0.409 e. The van der Waals surface area contributed by atoms with Gasteiger partial charge in [-0.1, -0.05) is 5.16 Å². The first kappa shape index (κ1) is 14.2. The van der Waals surface area contributed by atoms with Gasteiger partial charge in [0, 0.05) is 38.6 Å². The van der Waals surface area contributed by atoms with Gasteiger partial charge in [-0.05, 0) is 24.6 Å². The van der Waals surface area contributed by atoms with E-state index in [0.29, 0.717) is 17.9 Å². The zero-order chi connectivity index (χ0) is 13.5. The van der Waals surface area contributed by atoms with Gasteiger partial charge < -0.3 is 20.6 Å². The molecule has 0 aliphatic heterocycles. The van der Waals surface area contributed by atoms with Crippen molar-refractivity contribution in [1.29, 1.82) is 0 Å². The van der Waals surface area contributed by atoms with Crippen LogP contribution in [0.15, 0.2) is 23.4 Å². The molecule has 0 spiro atoms. The molecule has 0 heterocycles. The van der Waals surface area contributed by atoms with Crippen molar-refractivity contribution in [2.75, 3.05) is 32.2 Å². The molecular weight excluding hydrogens is 237 g/mol. The zero-order valence-electron chi connectivity index (χ0n) is 10.6. The molecule has 0 radical (unpaired) electrons. The van der Waals surface area contributed by atoms with Crippen LogP contribution in [0.25, 0.3) is 0 Å². The molecular formula is C12H18FN3O2. The minimum absolute atomic E-state index is 0.108. The molecule has 1 aromatic carbocycles.